The molecule has 1 aliphatic rings. The van der Waals surface area contributed by atoms with Gasteiger partial charge in [0.25, 0.3) is 5.91 Å². The molecule has 1 aromatic carbocycles. The summed E-state index contributed by atoms with van der Waals surface area (Å²) in [6, 6.07) is 3.56. The Hall–Kier alpha value is -1.69. The summed E-state index contributed by atoms with van der Waals surface area (Å²) in [5.74, 6) is -2.43. The minimum atomic E-state index is -0.915. The van der Waals surface area contributed by atoms with Gasteiger partial charge in [0.05, 0.1) is 5.92 Å². The van der Waals surface area contributed by atoms with Gasteiger partial charge >= 0.3 is 5.97 Å². The van der Waals surface area contributed by atoms with Gasteiger partial charge < -0.3 is 10.4 Å². The van der Waals surface area contributed by atoms with Crippen LogP contribution in [0.4, 0.5) is 4.39 Å². The van der Waals surface area contributed by atoms with E-state index in [0.29, 0.717) is 10.9 Å². The number of halogens is 2. The minimum absolute atomic E-state index is 0.194. The lowest BCUT2D eigenvalue weighted by Crippen LogP contribution is -2.33. The van der Waals surface area contributed by atoms with Crippen LogP contribution in [0.5, 0.6) is 0 Å². The van der Waals surface area contributed by atoms with Crippen LogP contribution in [0.1, 0.15) is 16.8 Å². The number of hydrogen-bond acceptors (Lipinski definition) is 2. The Morgan fingerprint density at radius 1 is 1.32 bits per heavy atom. The lowest BCUT2D eigenvalue weighted by molar-refractivity contribution is -0.140. The molecule has 4 nitrogen and oxygen atoms in total. The van der Waals surface area contributed by atoms with Crippen molar-refractivity contribution < 1.29 is 19.1 Å². The average molecular weight is 328 g/mol. The molecule has 2 rings (SSSR count). The van der Waals surface area contributed by atoms with Crippen LogP contribution in [0.2, 0.25) is 0 Å². The van der Waals surface area contributed by atoms with E-state index in [1.165, 1.54) is 12.1 Å². The van der Waals surface area contributed by atoms with Gasteiger partial charge in [-0.25, -0.2) is 4.39 Å². The number of benzene rings is 1. The molecule has 0 aromatic heterocycles. The third-order valence-electron chi connectivity index (χ3n) is 2.84. The molecule has 6 heteroatoms. The van der Waals surface area contributed by atoms with Crippen molar-refractivity contribution in [3.05, 3.63) is 46.2 Å². The highest BCUT2D eigenvalue weighted by Gasteiger charge is 2.25. The molecule has 0 spiro atoms. The Balaban J connectivity index is 2.02. The number of hydrogen-bond donors (Lipinski definition) is 2. The maximum absolute atomic E-state index is 13.2. The van der Waals surface area contributed by atoms with Gasteiger partial charge in [-0.1, -0.05) is 28.1 Å². The van der Waals surface area contributed by atoms with Crippen LogP contribution in [0.25, 0.3) is 0 Å². The van der Waals surface area contributed by atoms with Crippen molar-refractivity contribution in [1.82, 2.24) is 5.32 Å². The lowest BCUT2D eigenvalue weighted by atomic mass is 10.1. The molecule has 0 fully saturated rings. The number of carbonyl (C=O) groups excluding carboxylic acids is 1. The number of amides is 1. The Morgan fingerprint density at radius 3 is 2.63 bits per heavy atom. The second kappa shape index (κ2) is 5.52. The number of nitrogens with one attached hydrogen (secondary N) is 1. The van der Waals surface area contributed by atoms with Crippen LogP contribution in [0.15, 0.2) is 34.8 Å². The highest BCUT2D eigenvalue weighted by atomic mass is 79.9. The summed E-state index contributed by atoms with van der Waals surface area (Å²) in [7, 11) is 0. The zero-order valence-electron chi connectivity index (χ0n) is 9.77. The first-order valence-electron chi connectivity index (χ1n) is 5.64. The Bertz CT molecular complexity index is 539. The van der Waals surface area contributed by atoms with Crippen molar-refractivity contribution >= 4 is 27.8 Å². The number of carboxylic acid groups (broad SMARTS) is 1. The topological polar surface area (TPSA) is 66.4 Å². The summed E-state index contributed by atoms with van der Waals surface area (Å²) >= 11 is 3.11. The van der Waals surface area contributed by atoms with Gasteiger partial charge in [-0.3, -0.25) is 9.59 Å². The minimum Gasteiger partial charge on any atom is -0.481 e. The molecule has 2 N–H and O–H groups in total. The van der Waals surface area contributed by atoms with E-state index >= 15 is 0 Å². The van der Waals surface area contributed by atoms with E-state index in [-0.39, 0.29) is 11.6 Å². The van der Waals surface area contributed by atoms with Crippen LogP contribution in [-0.4, -0.2) is 23.0 Å². The second-order valence-electron chi connectivity index (χ2n) is 4.30. The molecule has 2 unspecified atom stereocenters. The van der Waals surface area contributed by atoms with Crippen molar-refractivity contribution in [2.45, 2.75) is 12.5 Å². The fraction of sp³-hybridized carbons (Fsp3) is 0.231. The monoisotopic (exact) mass is 327 g/mol. The third-order valence-corrected chi connectivity index (χ3v) is 3.30. The van der Waals surface area contributed by atoms with Crippen molar-refractivity contribution in [2.24, 2.45) is 5.92 Å². The normalized spacial score (nSPS) is 21.4. The Labute approximate surface area is 117 Å². The van der Waals surface area contributed by atoms with E-state index in [1.54, 1.807) is 12.2 Å². The molecule has 0 saturated carbocycles. The van der Waals surface area contributed by atoms with Gasteiger partial charge in [0.2, 0.25) is 0 Å². The fourth-order valence-corrected chi connectivity index (χ4v) is 2.39. The molecule has 1 amide bonds. The number of aliphatic carboxylic acids is 1. The van der Waals surface area contributed by atoms with E-state index in [0.717, 1.165) is 6.07 Å². The standard InChI is InChI=1S/C13H11BrFNO3/c14-9-3-8(4-10(15)6-9)12(17)16-11-2-1-7(5-11)13(18)19/h1-4,6-7,11H,5H2,(H,16,17)(H,18,19). The predicted octanol–water partition coefficient (Wildman–Crippen LogP) is 2.35. The molecule has 0 radical (unpaired) electrons. The smallest absolute Gasteiger partial charge is 0.310 e. The molecular formula is C13H11BrFNO3. The van der Waals surface area contributed by atoms with Crippen LogP contribution >= 0.6 is 15.9 Å². The van der Waals surface area contributed by atoms with E-state index in [4.69, 9.17) is 5.11 Å². The van der Waals surface area contributed by atoms with Crippen molar-refractivity contribution in [1.29, 1.82) is 0 Å². The van der Waals surface area contributed by atoms with Crippen LogP contribution in [0.3, 0.4) is 0 Å². The molecule has 0 saturated heterocycles. The molecular weight excluding hydrogens is 317 g/mol. The SMILES string of the molecule is O=C(NC1C=CC(C(=O)O)C1)c1cc(F)cc(Br)c1. The van der Waals surface area contributed by atoms with Gasteiger partial charge in [0, 0.05) is 16.1 Å². The largest absolute Gasteiger partial charge is 0.481 e. The predicted molar refractivity (Wildman–Crippen MR) is 70.2 cm³/mol. The first kappa shape index (κ1) is 13.7. The van der Waals surface area contributed by atoms with Crippen molar-refractivity contribution in [3.63, 3.8) is 0 Å². The first-order valence-corrected chi connectivity index (χ1v) is 6.43. The van der Waals surface area contributed by atoms with Crippen molar-refractivity contribution in [3.8, 4) is 0 Å². The summed E-state index contributed by atoms with van der Waals surface area (Å²) in [6.45, 7) is 0. The molecule has 19 heavy (non-hydrogen) atoms. The molecule has 0 heterocycles. The molecule has 100 valence electrons. The molecule has 0 bridgehead atoms. The van der Waals surface area contributed by atoms with Gasteiger partial charge in [0.15, 0.2) is 0 Å². The van der Waals surface area contributed by atoms with Gasteiger partial charge in [-0.2, -0.15) is 0 Å². The van der Waals surface area contributed by atoms with Crippen LogP contribution < -0.4 is 5.32 Å². The van der Waals surface area contributed by atoms with Crippen LogP contribution in [0, 0.1) is 11.7 Å². The Morgan fingerprint density at radius 2 is 2.05 bits per heavy atom. The fourth-order valence-electron chi connectivity index (χ4n) is 1.93. The van der Waals surface area contributed by atoms with E-state index < -0.39 is 23.6 Å². The van der Waals surface area contributed by atoms with Gasteiger partial charge in [0.1, 0.15) is 5.82 Å². The zero-order chi connectivity index (χ0) is 14.0. The average Bonchev–Trinajstić information content (AvgIpc) is 2.76. The highest BCUT2D eigenvalue weighted by molar-refractivity contribution is 9.10. The van der Waals surface area contributed by atoms with E-state index in [1.807, 2.05) is 0 Å². The maximum atomic E-state index is 13.2. The van der Waals surface area contributed by atoms with Gasteiger partial charge in [-0.05, 0) is 24.6 Å². The number of carbonyl (C=O) groups is 2. The molecule has 2 atom stereocenters. The second-order valence-corrected chi connectivity index (χ2v) is 5.22. The first-order chi connectivity index (χ1) is 8.95. The lowest BCUT2D eigenvalue weighted by Gasteiger charge is -2.12. The van der Waals surface area contributed by atoms with E-state index in [2.05, 4.69) is 21.2 Å². The van der Waals surface area contributed by atoms with Crippen LogP contribution in [-0.2, 0) is 4.79 Å². The molecule has 1 aromatic rings. The summed E-state index contributed by atoms with van der Waals surface area (Å²) < 4.78 is 13.6. The molecule has 0 aliphatic heterocycles. The zero-order valence-corrected chi connectivity index (χ0v) is 11.4. The number of rotatable bonds is 3. The summed E-state index contributed by atoms with van der Waals surface area (Å²) in [4.78, 5) is 22.7. The number of carboxylic acids is 1. The third kappa shape index (κ3) is 3.41. The quantitative estimate of drug-likeness (QED) is 0.837. The Kier molecular flexibility index (Phi) is 3.99. The summed E-state index contributed by atoms with van der Waals surface area (Å²) in [6.07, 6.45) is 3.51. The van der Waals surface area contributed by atoms with Crippen molar-refractivity contribution in [2.75, 3.05) is 0 Å². The summed E-state index contributed by atoms with van der Waals surface area (Å²) in [5.41, 5.74) is 0.194. The summed E-state index contributed by atoms with van der Waals surface area (Å²) in [5, 5.41) is 11.5. The molecule has 1 aliphatic carbocycles. The highest BCUT2D eigenvalue weighted by Crippen LogP contribution is 2.19. The van der Waals surface area contributed by atoms with E-state index in [9.17, 15) is 14.0 Å². The maximum Gasteiger partial charge on any atom is 0.310 e. The van der Waals surface area contributed by atoms with Gasteiger partial charge in [-0.15, -0.1) is 0 Å².